The predicted molar refractivity (Wildman–Crippen MR) is 113 cm³/mol. The summed E-state index contributed by atoms with van der Waals surface area (Å²) in [7, 11) is 0. The van der Waals surface area contributed by atoms with E-state index < -0.39 is 0 Å². The van der Waals surface area contributed by atoms with Gasteiger partial charge in [0.25, 0.3) is 0 Å². The molecular weight excluding hydrogens is 367 g/mol. The van der Waals surface area contributed by atoms with Crippen LogP contribution in [0.2, 0.25) is 0 Å². The number of likely N-dealkylation sites (tertiary alicyclic amines) is 1. The molecule has 4 rings (SSSR count). The number of aromatic nitrogens is 1. The fourth-order valence-electron chi connectivity index (χ4n) is 3.66. The van der Waals surface area contributed by atoms with Crippen LogP contribution in [0.5, 0.6) is 0 Å². The van der Waals surface area contributed by atoms with Crippen molar-refractivity contribution in [2.75, 3.05) is 13.1 Å². The molecule has 0 spiro atoms. The van der Waals surface area contributed by atoms with E-state index in [0.717, 1.165) is 37.1 Å². The molecule has 6 heteroatoms. The lowest BCUT2D eigenvalue weighted by Crippen LogP contribution is -2.40. The summed E-state index contributed by atoms with van der Waals surface area (Å²) in [5.41, 5.74) is 8.37. The first-order valence-corrected chi connectivity index (χ1v) is 10.0. The number of nitrogens with zero attached hydrogens (tertiary/aromatic N) is 3. The van der Waals surface area contributed by atoms with E-state index >= 15 is 0 Å². The first kappa shape index (κ1) is 19.2. The fraction of sp³-hybridized carbons (Fsp3) is 0.304. The number of guanidine groups is 1. The maximum atomic E-state index is 14.7. The van der Waals surface area contributed by atoms with Crippen molar-refractivity contribution in [3.05, 3.63) is 71.7 Å². The van der Waals surface area contributed by atoms with Gasteiger partial charge in [0.15, 0.2) is 11.8 Å². The van der Waals surface area contributed by atoms with Crippen LogP contribution in [-0.4, -0.2) is 29.1 Å². The molecule has 1 saturated heterocycles. The van der Waals surface area contributed by atoms with Crippen molar-refractivity contribution in [1.29, 1.82) is 0 Å². The van der Waals surface area contributed by atoms with Crippen molar-refractivity contribution in [2.45, 2.75) is 32.1 Å². The molecule has 0 saturated carbocycles. The predicted octanol–water partition coefficient (Wildman–Crippen LogP) is 5.06. The lowest BCUT2D eigenvalue weighted by Gasteiger charge is -2.27. The summed E-state index contributed by atoms with van der Waals surface area (Å²) < 4.78 is 20.2. The number of benzene rings is 2. The maximum Gasteiger partial charge on any atom is 0.198 e. The van der Waals surface area contributed by atoms with Crippen molar-refractivity contribution in [2.24, 2.45) is 10.7 Å². The third kappa shape index (κ3) is 4.31. The Morgan fingerprint density at radius 2 is 1.86 bits per heavy atom. The summed E-state index contributed by atoms with van der Waals surface area (Å²) in [5, 5.41) is 4.02. The summed E-state index contributed by atoms with van der Waals surface area (Å²) in [6, 6.07) is 16.6. The zero-order chi connectivity index (χ0) is 20.2. The van der Waals surface area contributed by atoms with Crippen LogP contribution in [-0.2, 0) is 0 Å². The molecule has 2 aromatic carbocycles. The topological polar surface area (TPSA) is 67.7 Å². The number of nitrogens with two attached hydrogens (primary N) is 1. The van der Waals surface area contributed by atoms with E-state index in [4.69, 9.17) is 10.3 Å². The van der Waals surface area contributed by atoms with Crippen molar-refractivity contribution < 1.29 is 8.91 Å². The van der Waals surface area contributed by atoms with Gasteiger partial charge in [0, 0.05) is 30.6 Å². The van der Waals surface area contributed by atoms with Gasteiger partial charge in [0.1, 0.15) is 11.6 Å². The second-order valence-corrected chi connectivity index (χ2v) is 7.43. The van der Waals surface area contributed by atoms with E-state index in [9.17, 15) is 4.39 Å². The Morgan fingerprint density at radius 3 is 2.59 bits per heavy atom. The minimum Gasteiger partial charge on any atom is -0.369 e. The van der Waals surface area contributed by atoms with Crippen LogP contribution in [0.3, 0.4) is 0 Å². The van der Waals surface area contributed by atoms with Gasteiger partial charge in [-0.3, -0.25) is 0 Å². The van der Waals surface area contributed by atoms with Gasteiger partial charge in [0.2, 0.25) is 0 Å². The monoisotopic (exact) mass is 392 g/mol. The van der Waals surface area contributed by atoms with E-state index in [0.29, 0.717) is 23.1 Å². The molecule has 2 heterocycles. The Kier molecular flexibility index (Phi) is 5.60. The molecule has 1 atom stereocenters. The van der Waals surface area contributed by atoms with E-state index in [2.05, 4.69) is 15.0 Å². The lowest BCUT2D eigenvalue weighted by atomic mass is 9.95. The van der Waals surface area contributed by atoms with Crippen LogP contribution in [0.4, 0.5) is 10.2 Å². The largest absolute Gasteiger partial charge is 0.369 e. The van der Waals surface area contributed by atoms with Crippen molar-refractivity contribution in [1.82, 2.24) is 10.1 Å². The summed E-state index contributed by atoms with van der Waals surface area (Å²) in [6.07, 6.45) is 3.48. The van der Waals surface area contributed by atoms with Gasteiger partial charge < -0.3 is 15.2 Å². The van der Waals surface area contributed by atoms with Crippen molar-refractivity contribution in [3.63, 3.8) is 0 Å². The van der Waals surface area contributed by atoms with Crippen molar-refractivity contribution >= 4 is 11.8 Å². The van der Waals surface area contributed by atoms with Crippen LogP contribution in [0.15, 0.2) is 64.1 Å². The van der Waals surface area contributed by atoms with Gasteiger partial charge in [-0.25, -0.2) is 4.39 Å². The molecule has 1 aromatic heterocycles. The molecule has 0 amide bonds. The highest BCUT2D eigenvalue weighted by Gasteiger charge is 2.18. The third-order valence-electron chi connectivity index (χ3n) is 5.43. The van der Waals surface area contributed by atoms with Crippen LogP contribution < -0.4 is 5.73 Å². The normalized spacial score (nSPS) is 16.1. The molecule has 0 bridgehead atoms. The molecule has 3 aromatic rings. The van der Waals surface area contributed by atoms with Crippen molar-refractivity contribution in [3.8, 4) is 11.1 Å². The Balaban J connectivity index is 1.51. The second kappa shape index (κ2) is 8.47. The van der Waals surface area contributed by atoms with Gasteiger partial charge in [0.05, 0.1) is 0 Å². The van der Waals surface area contributed by atoms with E-state index in [-0.39, 0.29) is 11.7 Å². The molecular formula is C23H25FN4O. The van der Waals surface area contributed by atoms with Crippen LogP contribution >= 0.6 is 0 Å². The third-order valence-corrected chi connectivity index (χ3v) is 5.43. The molecule has 150 valence electrons. The molecule has 0 aliphatic carbocycles. The van der Waals surface area contributed by atoms with E-state index in [1.165, 1.54) is 6.42 Å². The smallest absolute Gasteiger partial charge is 0.198 e. The molecule has 0 radical (unpaired) electrons. The number of halogens is 1. The molecule has 1 fully saturated rings. The minimum atomic E-state index is -0.257. The van der Waals surface area contributed by atoms with Gasteiger partial charge in [-0.05, 0) is 36.5 Å². The molecule has 1 unspecified atom stereocenters. The number of aliphatic imine (C=N–C) groups is 1. The number of piperidine rings is 1. The van der Waals surface area contributed by atoms with E-state index in [1.807, 2.05) is 43.3 Å². The SMILES string of the molecule is CC(c1ccc(-c2ccccc2)c(F)c1)c1cc(N=C(N)N2CCCCC2)no1. The molecule has 1 aliphatic heterocycles. The Labute approximate surface area is 170 Å². The molecule has 5 nitrogen and oxygen atoms in total. The lowest BCUT2D eigenvalue weighted by molar-refractivity contribution is 0.338. The summed E-state index contributed by atoms with van der Waals surface area (Å²) in [6.45, 7) is 3.80. The van der Waals surface area contributed by atoms with E-state index in [1.54, 1.807) is 18.2 Å². The highest BCUT2D eigenvalue weighted by Crippen LogP contribution is 2.30. The average molecular weight is 392 g/mol. The van der Waals surface area contributed by atoms with Crippen LogP contribution in [0.1, 0.15) is 43.4 Å². The first-order chi connectivity index (χ1) is 14.1. The highest BCUT2D eigenvalue weighted by atomic mass is 19.1. The molecule has 1 aliphatic rings. The fourth-order valence-corrected chi connectivity index (χ4v) is 3.66. The quantitative estimate of drug-likeness (QED) is 0.497. The standard InChI is InChI=1S/C23H25FN4O/c1-16(18-10-11-19(20(24)14-18)17-8-4-2-5-9-17)21-15-22(27-29-21)26-23(25)28-12-6-3-7-13-28/h2,4-5,8-11,14-16H,3,6-7,12-13H2,1H3,(H2,25,26,27). The van der Waals surface area contributed by atoms with Gasteiger partial charge >= 0.3 is 0 Å². The van der Waals surface area contributed by atoms with Crippen LogP contribution in [0.25, 0.3) is 11.1 Å². The average Bonchev–Trinajstić information content (AvgIpc) is 3.23. The number of rotatable bonds is 4. The van der Waals surface area contributed by atoms with Gasteiger partial charge in [-0.15, -0.1) is 0 Å². The second-order valence-electron chi connectivity index (χ2n) is 7.43. The zero-order valence-electron chi connectivity index (χ0n) is 16.5. The maximum absolute atomic E-state index is 14.7. The summed E-state index contributed by atoms with van der Waals surface area (Å²) in [5.74, 6) is 1.13. The zero-order valence-corrected chi connectivity index (χ0v) is 16.5. The Morgan fingerprint density at radius 1 is 1.10 bits per heavy atom. The molecule has 29 heavy (non-hydrogen) atoms. The highest BCUT2D eigenvalue weighted by molar-refractivity contribution is 5.80. The summed E-state index contributed by atoms with van der Waals surface area (Å²) in [4.78, 5) is 6.46. The Bertz CT molecular complexity index is 993. The molecule has 2 N–H and O–H groups in total. The van der Waals surface area contributed by atoms with Gasteiger partial charge in [-0.1, -0.05) is 54.5 Å². The number of hydrogen-bond donors (Lipinski definition) is 1. The van der Waals surface area contributed by atoms with Crippen LogP contribution in [0, 0.1) is 5.82 Å². The minimum absolute atomic E-state index is 0.151. The number of hydrogen-bond acceptors (Lipinski definition) is 3. The summed E-state index contributed by atoms with van der Waals surface area (Å²) >= 11 is 0. The Hall–Kier alpha value is -3.15. The first-order valence-electron chi connectivity index (χ1n) is 10.0. The van der Waals surface area contributed by atoms with Gasteiger partial charge in [-0.2, -0.15) is 4.99 Å².